The lowest BCUT2D eigenvalue weighted by molar-refractivity contribution is 0.0923. The second-order valence-corrected chi connectivity index (χ2v) is 6.65. The Labute approximate surface area is 161 Å². The molecule has 0 atom stereocenters. The number of hydrogen-bond donors (Lipinski definition) is 1. The van der Waals surface area contributed by atoms with Crippen LogP contribution in [0.2, 0.25) is 0 Å². The summed E-state index contributed by atoms with van der Waals surface area (Å²) in [5.41, 5.74) is 4.18. The van der Waals surface area contributed by atoms with Crippen molar-refractivity contribution in [1.82, 2.24) is 4.98 Å². The molecule has 0 saturated carbocycles. The van der Waals surface area contributed by atoms with Crippen LogP contribution in [0.5, 0.6) is 0 Å². The van der Waals surface area contributed by atoms with E-state index in [0.29, 0.717) is 22.5 Å². The van der Waals surface area contributed by atoms with E-state index in [2.05, 4.69) is 10.3 Å². The minimum absolute atomic E-state index is 0.152. The van der Waals surface area contributed by atoms with Crippen molar-refractivity contribution >= 4 is 29.1 Å². The Balaban J connectivity index is 1.53. The second kappa shape index (κ2) is 6.74. The molecule has 3 amide bonds. The maximum absolute atomic E-state index is 12.5. The SMILES string of the molecule is Cc1ccc(C(=O)Nc2ccc(N3C(=O)c4cccnc4C3=O)cc2)cc1C. The fourth-order valence-corrected chi connectivity index (χ4v) is 3.08. The molecule has 0 saturated heterocycles. The molecule has 0 bridgehead atoms. The quantitative estimate of drug-likeness (QED) is 0.711. The lowest BCUT2D eigenvalue weighted by atomic mass is 10.1. The van der Waals surface area contributed by atoms with Crippen LogP contribution in [0.15, 0.2) is 60.8 Å². The Hall–Kier alpha value is -3.80. The summed E-state index contributed by atoms with van der Waals surface area (Å²) in [4.78, 5) is 42.5. The van der Waals surface area contributed by atoms with Gasteiger partial charge >= 0.3 is 0 Å². The van der Waals surface area contributed by atoms with Crippen molar-refractivity contribution in [3.05, 3.63) is 88.7 Å². The third-order valence-electron chi connectivity index (χ3n) is 4.80. The molecule has 6 heteroatoms. The minimum atomic E-state index is -0.451. The van der Waals surface area contributed by atoms with Gasteiger partial charge in [0.15, 0.2) is 0 Å². The smallest absolute Gasteiger partial charge is 0.284 e. The molecule has 1 aliphatic rings. The first-order valence-corrected chi connectivity index (χ1v) is 8.78. The van der Waals surface area contributed by atoms with Crippen molar-refractivity contribution in [2.75, 3.05) is 10.2 Å². The second-order valence-electron chi connectivity index (χ2n) is 6.65. The molecule has 0 fully saturated rings. The first-order chi connectivity index (χ1) is 13.5. The molecule has 6 nitrogen and oxygen atoms in total. The van der Waals surface area contributed by atoms with Crippen molar-refractivity contribution in [2.45, 2.75) is 13.8 Å². The molecule has 0 unspecified atom stereocenters. The van der Waals surface area contributed by atoms with E-state index in [1.807, 2.05) is 26.0 Å². The summed E-state index contributed by atoms with van der Waals surface area (Å²) in [5, 5.41) is 2.82. The highest BCUT2D eigenvalue weighted by atomic mass is 16.2. The first-order valence-electron chi connectivity index (χ1n) is 8.78. The Bertz CT molecular complexity index is 1090. The third kappa shape index (κ3) is 2.95. The molecule has 3 aromatic rings. The fourth-order valence-electron chi connectivity index (χ4n) is 3.08. The van der Waals surface area contributed by atoms with Gasteiger partial charge in [-0.25, -0.2) is 4.90 Å². The molecule has 0 radical (unpaired) electrons. The Morgan fingerprint density at radius 2 is 1.68 bits per heavy atom. The van der Waals surface area contributed by atoms with Gasteiger partial charge < -0.3 is 5.32 Å². The highest BCUT2D eigenvalue weighted by Gasteiger charge is 2.37. The van der Waals surface area contributed by atoms with Crippen molar-refractivity contribution in [2.24, 2.45) is 0 Å². The third-order valence-corrected chi connectivity index (χ3v) is 4.80. The number of anilines is 2. The van der Waals surface area contributed by atoms with Crippen LogP contribution >= 0.6 is 0 Å². The van der Waals surface area contributed by atoms with E-state index in [9.17, 15) is 14.4 Å². The molecule has 28 heavy (non-hydrogen) atoms. The number of imide groups is 1. The monoisotopic (exact) mass is 371 g/mol. The largest absolute Gasteiger partial charge is 0.322 e. The topological polar surface area (TPSA) is 79.4 Å². The Morgan fingerprint density at radius 3 is 2.36 bits per heavy atom. The van der Waals surface area contributed by atoms with Crippen molar-refractivity contribution in [1.29, 1.82) is 0 Å². The van der Waals surface area contributed by atoms with Crippen LogP contribution in [0.3, 0.4) is 0 Å². The summed E-state index contributed by atoms with van der Waals surface area (Å²) in [7, 11) is 0. The van der Waals surface area contributed by atoms with Crippen LogP contribution in [-0.2, 0) is 0 Å². The van der Waals surface area contributed by atoms with Crippen LogP contribution in [0.1, 0.15) is 42.3 Å². The number of pyridine rings is 1. The zero-order valence-electron chi connectivity index (χ0n) is 15.4. The van der Waals surface area contributed by atoms with E-state index < -0.39 is 11.8 Å². The molecule has 2 heterocycles. The van der Waals surface area contributed by atoms with E-state index in [1.54, 1.807) is 42.5 Å². The number of carbonyl (C=O) groups excluding carboxylic acids is 3. The number of fused-ring (bicyclic) bond motifs is 1. The minimum Gasteiger partial charge on any atom is -0.322 e. The van der Waals surface area contributed by atoms with Gasteiger partial charge in [0.25, 0.3) is 17.7 Å². The van der Waals surface area contributed by atoms with E-state index in [4.69, 9.17) is 0 Å². The number of hydrogen-bond acceptors (Lipinski definition) is 4. The van der Waals surface area contributed by atoms with Crippen LogP contribution < -0.4 is 10.2 Å². The van der Waals surface area contributed by atoms with E-state index in [-0.39, 0.29) is 11.6 Å². The lowest BCUT2D eigenvalue weighted by Crippen LogP contribution is -2.29. The average Bonchev–Trinajstić information content (AvgIpc) is 2.95. The number of aromatic nitrogens is 1. The van der Waals surface area contributed by atoms with Gasteiger partial charge in [-0.05, 0) is 73.5 Å². The van der Waals surface area contributed by atoms with Gasteiger partial charge in [0.2, 0.25) is 0 Å². The summed E-state index contributed by atoms with van der Waals surface area (Å²) in [6.45, 7) is 3.95. The number of rotatable bonds is 3. The number of carbonyl (C=O) groups is 3. The highest BCUT2D eigenvalue weighted by Crippen LogP contribution is 2.28. The maximum atomic E-state index is 12.5. The molecule has 1 aromatic heterocycles. The maximum Gasteiger partial charge on any atom is 0.284 e. The molecule has 4 rings (SSSR count). The van der Waals surface area contributed by atoms with Crippen molar-refractivity contribution < 1.29 is 14.4 Å². The van der Waals surface area contributed by atoms with Crippen molar-refractivity contribution in [3.8, 4) is 0 Å². The first kappa shape index (κ1) is 17.6. The van der Waals surface area contributed by atoms with Gasteiger partial charge in [-0.15, -0.1) is 0 Å². The summed E-state index contributed by atoms with van der Waals surface area (Å²) in [6, 6.07) is 15.3. The standard InChI is InChI=1S/C22H17N3O3/c1-13-5-6-15(12-14(13)2)20(26)24-16-7-9-17(10-8-16)25-21(27)18-4-3-11-23-19(18)22(25)28/h3-12H,1-2H3,(H,24,26). The number of benzene rings is 2. The fraction of sp³-hybridized carbons (Fsp3) is 0.0909. The lowest BCUT2D eigenvalue weighted by Gasteiger charge is -2.14. The number of amides is 3. The molecular weight excluding hydrogens is 354 g/mol. The van der Waals surface area contributed by atoms with Gasteiger partial charge in [0.1, 0.15) is 5.69 Å². The molecule has 0 spiro atoms. The summed E-state index contributed by atoms with van der Waals surface area (Å²) in [6.07, 6.45) is 1.49. The summed E-state index contributed by atoms with van der Waals surface area (Å²) < 4.78 is 0. The molecule has 2 aromatic carbocycles. The molecule has 138 valence electrons. The van der Waals surface area contributed by atoms with Gasteiger partial charge in [-0.1, -0.05) is 6.07 Å². The van der Waals surface area contributed by atoms with Crippen LogP contribution in [0, 0.1) is 13.8 Å². The number of nitrogens with zero attached hydrogens (tertiary/aromatic N) is 2. The van der Waals surface area contributed by atoms with Crippen LogP contribution in [-0.4, -0.2) is 22.7 Å². The highest BCUT2D eigenvalue weighted by molar-refractivity contribution is 6.33. The molecular formula is C22H17N3O3. The normalized spacial score (nSPS) is 12.9. The summed E-state index contributed by atoms with van der Waals surface area (Å²) >= 11 is 0. The Kier molecular flexibility index (Phi) is 4.24. The average molecular weight is 371 g/mol. The van der Waals surface area contributed by atoms with E-state index in [1.165, 1.54) is 6.20 Å². The van der Waals surface area contributed by atoms with Gasteiger partial charge in [-0.3, -0.25) is 19.4 Å². The number of nitrogens with one attached hydrogen (secondary N) is 1. The summed E-state index contributed by atoms with van der Waals surface area (Å²) in [5.74, 6) is -1.08. The van der Waals surface area contributed by atoms with Gasteiger partial charge in [-0.2, -0.15) is 0 Å². The number of aryl methyl sites for hydroxylation is 2. The predicted octanol–water partition coefficient (Wildman–Crippen LogP) is 3.75. The van der Waals surface area contributed by atoms with Crippen LogP contribution in [0.4, 0.5) is 11.4 Å². The zero-order chi connectivity index (χ0) is 19.8. The van der Waals surface area contributed by atoms with E-state index >= 15 is 0 Å². The molecule has 1 aliphatic heterocycles. The van der Waals surface area contributed by atoms with Gasteiger partial charge in [0.05, 0.1) is 11.3 Å². The van der Waals surface area contributed by atoms with Crippen LogP contribution in [0.25, 0.3) is 0 Å². The predicted molar refractivity (Wildman–Crippen MR) is 106 cm³/mol. The Morgan fingerprint density at radius 1 is 0.929 bits per heavy atom. The molecule has 1 N–H and O–H groups in total. The zero-order valence-corrected chi connectivity index (χ0v) is 15.4. The van der Waals surface area contributed by atoms with Crippen molar-refractivity contribution in [3.63, 3.8) is 0 Å². The molecule has 0 aliphatic carbocycles. The van der Waals surface area contributed by atoms with E-state index in [0.717, 1.165) is 16.0 Å². The van der Waals surface area contributed by atoms with Gasteiger partial charge in [0, 0.05) is 17.4 Å².